The Hall–Kier alpha value is -3.36. The first-order valence-electron chi connectivity index (χ1n) is 8.40. The van der Waals surface area contributed by atoms with Crippen LogP contribution in [0.4, 0.5) is 17.6 Å². The molecule has 1 heterocycles. The third kappa shape index (κ3) is 4.92. The van der Waals surface area contributed by atoms with Crippen molar-refractivity contribution in [2.75, 3.05) is 13.7 Å². The Labute approximate surface area is 162 Å². The molecule has 1 amide bonds. The Morgan fingerprint density at radius 2 is 1.79 bits per heavy atom. The zero-order chi connectivity index (χ0) is 21.2. The van der Waals surface area contributed by atoms with Crippen LogP contribution in [-0.2, 0) is 17.5 Å². The molecule has 0 bridgehead atoms. The number of rotatable bonds is 5. The summed E-state index contributed by atoms with van der Waals surface area (Å²) in [5, 5.41) is -0.288. The van der Waals surface area contributed by atoms with Crippen LogP contribution in [0.25, 0.3) is 11.0 Å². The van der Waals surface area contributed by atoms with Crippen molar-refractivity contribution in [2.45, 2.75) is 12.7 Å². The highest BCUT2D eigenvalue weighted by Gasteiger charge is 2.33. The number of hydrogen-bond donors (Lipinski definition) is 0. The van der Waals surface area contributed by atoms with Crippen LogP contribution in [0.5, 0.6) is 5.75 Å². The third-order valence-electron chi connectivity index (χ3n) is 4.14. The lowest BCUT2D eigenvalue weighted by atomic mass is 10.1. The first kappa shape index (κ1) is 20.4. The van der Waals surface area contributed by atoms with E-state index >= 15 is 0 Å². The van der Waals surface area contributed by atoms with Crippen LogP contribution in [0.15, 0.2) is 57.7 Å². The average molecular weight is 409 g/mol. The molecule has 0 N–H and O–H groups in total. The monoisotopic (exact) mass is 409 g/mol. The molecule has 0 saturated heterocycles. The number of benzene rings is 2. The summed E-state index contributed by atoms with van der Waals surface area (Å²) < 4.78 is 62.2. The number of nitrogens with zero attached hydrogens (tertiary/aromatic N) is 1. The van der Waals surface area contributed by atoms with Crippen molar-refractivity contribution in [3.05, 3.63) is 75.9 Å². The van der Waals surface area contributed by atoms with Crippen LogP contribution in [0.2, 0.25) is 0 Å². The molecule has 29 heavy (non-hydrogen) atoms. The summed E-state index contributed by atoms with van der Waals surface area (Å²) in [4.78, 5) is 25.0. The van der Waals surface area contributed by atoms with Crippen LogP contribution in [0.3, 0.4) is 0 Å². The third-order valence-corrected chi connectivity index (χ3v) is 4.14. The molecule has 1 aromatic heterocycles. The van der Waals surface area contributed by atoms with Gasteiger partial charge in [0.05, 0.1) is 5.56 Å². The van der Waals surface area contributed by atoms with Gasteiger partial charge < -0.3 is 14.1 Å². The number of fused-ring (bicyclic) bond motifs is 1. The van der Waals surface area contributed by atoms with Crippen LogP contribution in [0, 0.1) is 5.82 Å². The van der Waals surface area contributed by atoms with Crippen LogP contribution < -0.4 is 10.4 Å². The number of carbonyl (C=O) groups excluding carboxylic acids is 1. The molecule has 0 aliphatic carbocycles. The van der Waals surface area contributed by atoms with Gasteiger partial charge in [-0.15, -0.1) is 0 Å². The molecular weight excluding hydrogens is 394 g/mol. The lowest BCUT2D eigenvalue weighted by Gasteiger charge is -2.17. The predicted octanol–water partition coefficient (Wildman–Crippen LogP) is 3.99. The standard InChI is InChI=1S/C20H15F4NO4/c1-25(10-12-2-4-13(21)5-3-12)18(26)11-28-14-6-7-15-16(20(22,23)24)9-19(27)29-17(15)8-14/h2-9H,10-11H2,1H3. The Kier molecular flexibility index (Phi) is 5.58. The highest BCUT2D eigenvalue weighted by molar-refractivity contribution is 5.82. The highest BCUT2D eigenvalue weighted by atomic mass is 19.4. The first-order chi connectivity index (χ1) is 13.6. The van der Waals surface area contributed by atoms with Crippen LogP contribution >= 0.6 is 0 Å². The SMILES string of the molecule is CN(Cc1ccc(F)cc1)C(=O)COc1ccc2c(C(F)(F)F)cc(=O)oc2c1. The number of ether oxygens (including phenoxy) is 1. The number of carbonyl (C=O) groups is 1. The average Bonchev–Trinajstić information content (AvgIpc) is 2.66. The minimum atomic E-state index is -4.71. The first-order valence-corrected chi connectivity index (χ1v) is 8.40. The van der Waals surface area contributed by atoms with E-state index in [1.165, 1.54) is 30.1 Å². The Balaban J connectivity index is 1.71. The van der Waals surface area contributed by atoms with Gasteiger partial charge in [0.2, 0.25) is 0 Å². The van der Waals surface area contributed by atoms with E-state index in [2.05, 4.69) is 0 Å². The highest BCUT2D eigenvalue weighted by Crippen LogP contribution is 2.34. The molecule has 3 rings (SSSR count). The molecule has 0 saturated carbocycles. The van der Waals surface area contributed by atoms with Crippen molar-refractivity contribution in [1.82, 2.24) is 4.90 Å². The van der Waals surface area contributed by atoms with Gasteiger partial charge in [0.1, 0.15) is 17.1 Å². The van der Waals surface area contributed by atoms with Crippen molar-refractivity contribution < 1.29 is 31.5 Å². The van der Waals surface area contributed by atoms with Crippen molar-refractivity contribution in [1.29, 1.82) is 0 Å². The fourth-order valence-corrected chi connectivity index (χ4v) is 2.67. The van der Waals surface area contributed by atoms with E-state index in [9.17, 15) is 27.2 Å². The van der Waals surface area contributed by atoms with E-state index in [4.69, 9.17) is 9.15 Å². The molecule has 3 aromatic rings. The van der Waals surface area contributed by atoms with Gasteiger partial charge in [0, 0.05) is 31.1 Å². The molecule has 0 unspecified atom stereocenters. The van der Waals surface area contributed by atoms with Gasteiger partial charge in [0.25, 0.3) is 5.91 Å². The van der Waals surface area contributed by atoms with Crippen molar-refractivity contribution >= 4 is 16.9 Å². The minimum Gasteiger partial charge on any atom is -0.484 e. The Morgan fingerprint density at radius 3 is 2.45 bits per heavy atom. The second-order valence-corrected chi connectivity index (χ2v) is 6.30. The van der Waals surface area contributed by atoms with Crippen molar-refractivity contribution in [3.63, 3.8) is 0 Å². The number of likely N-dealkylation sites (N-methyl/N-ethyl adjacent to an activating group) is 1. The molecule has 0 spiro atoms. The maximum absolute atomic E-state index is 13.1. The summed E-state index contributed by atoms with van der Waals surface area (Å²) in [6.45, 7) is -0.156. The molecule has 0 atom stereocenters. The molecule has 152 valence electrons. The molecular formula is C20H15F4NO4. The number of hydrogen-bond acceptors (Lipinski definition) is 4. The summed E-state index contributed by atoms with van der Waals surface area (Å²) in [5.41, 5.74) is -1.83. The molecule has 5 nitrogen and oxygen atoms in total. The van der Waals surface area contributed by atoms with Gasteiger partial charge in [-0.2, -0.15) is 13.2 Å². The van der Waals surface area contributed by atoms with Gasteiger partial charge in [-0.25, -0.2) is 9.18 Å². The second kappa shape index (κ2) is 7.94. The van der Waals surface area contributed by atoms with E-state index < -0.39 is 23.3 Å². The normalized spacial score (nSPS) is 11.5. The van der Waals surface area contributed by atoms with Crippen LogP contribution in [-0.4, -0.2) is 24.5 Å². The maximum Gasteiger partial charge on any atom is 0.417 e. The van der Waals surface area contributed by atoms with E-state index in [1.807, 2.05) is 0 Å². The molecule has 0 aliphatic rings. The van der Waals surface area contributed by atoms with Gasteiger partial charge in [-0.1, -0.05) is 12.1 Å². The topological polar surface area (TPSA) is 59.8 Å². The Morgan fingerprint density at radius 1 is 1.10 bits per heavy atom. The zero-order valence-electron chi connectivity index (χ0n) is 15.1. The largest absolute Gasteiger partial charge is 0.484 e. The predicted molar refractivity (Wildman–Crippen MR) is 95.9 cm³/mol. The Bertz CT molecular complexity index is 1090. The summed E-state index contributed by atoms with van der Waals surface area (Å²) in [7, 11) is 1.53. The second-order valence-electron chi connectivity index (χ2n) is 6.30. The lowest BCUT2D eigenvalue weighted by Crippen LogP contribution is -2.30. The van der Waals surface area contributed by atoms with Crippen LogP contribution in [0.1, 0.15) is 11.1 Å². The summed E-state index contributed by atoms with van der Waals surface area (Å²) in [5.74, 6) is -0.717. The van der Waals surface area contributed by atoms with E-state index in [0.29, 0.717) is 6.07 Å². The number of alkyl halides is 3. The summed E-state index contributed by atoms with van der Waals surface area (Å²) >= 11 is 0. The zero-order valence-corrected chi connectivity index (χ0v) is 15.1. The molecule has 2 aromatic carbocycles. The molecule has 0 aliphatic heterocycles. The summed E-state index contributed by atoms with van der Waals surface area (Å²) in [6.07, 6.45) is -4.71. The van der Waals surface area contributed by atoms with E-state index in [-0.39, 0.29) is 35.7 Å². The van der Waals surface area contributed by atoms with Gasteiger partial charge >= 0.3 is 11.8 Å². The quantitative estimate of drug-likeness (QED) is 0.472. The fourth-order valence-electron chi connectivity index (χ4n) is 2.67. The summed E-state index contributed by atoms with van der Waals surface area (Å²) in [6, 6.07) is 9.53. The number of halogens is 4. The molecule has 9 heteroatoms. The van der Waals surface area contributed by atoms with E-state index in [0.717, 1.165) is 17.7 Å². The van der Waals surface area contributed by atoms with Gasteiger partial charge in [-0.3, -0.25) is 4.79 Å². The van der Waals surface area contributed by atoms with Gasteiger partial charge in [0.15, 0.2) is 6.61 Å². The molecule has 0 radical (unpaired) electrons. The lowest BCUT2D eigenvalue weighted by molar-refractivity contribution is -0.136. The fraction of sp³-hybridized carbons (Fsp3) is 0.200. The smallest absolute Gasteiger partial charge is 0.417 e. The van der Waals surface area contributed by atoms with Crippen molar-refractivity contribution in [3.8, 4) is 5.75 Å². The minimum absolute atomic E-state index is 0.0727. The maximum atomic E-state index is 13.1. The number of amides is 1. The van der Waals surface area contributed by atoms with Gasteiger partial charge in [-0.05, 0) is 29.8 Å². The van der Waals surface area contributed by atoms with E-state index in [1.54, 1.807) is 12.1 Å². The van der Waals surface area contributed by atoms with Crippen molar-refractivity contribution in [2.24, 2.45) is 0 Å². The molecule has 0 fully saturated rings.